The third kappa shape index (κ3) is 64.9. The van der Waals surface area contributed by atoms with E-state index in [-0.39, 0.29) is 31.1 Å². The predicted octanol–water partition coefficient (Wildman–Crippen LogP) is 24.0. The third-order valence-corrected chi connectivity index (χ3v) is 16.3. The Balaban J connectivity index is 4.09. The molecule has 6 nitrogen and oxygen atoms in total. The van der Waals surface area contributed by atoms with Crippen LogP contribution >= 0.6 is 0 Å². The second-order valence-corrected chi connectivity index (χ2v) is 24.2. The number of unbranched alkanes of at least 4 members (excludes halogenated alkanes) is 53. The molecule has 0 rings (SSSR count). The minimum Gasteiger partial charge on any atom is -0.462 e. The second-order valence-electron chi connectivity index (χ2n) is 24.2. The van der Waals surface area contributed by atoms with Crippen molar-refractivity contribution < 1.29 is 28.6 Å². The smallest absolute Gasteiger partial charge is 0.306 e. The van der Waals surface area contributed by atoms with Gasteiger partial charge in [-0.25, -0.2) is 0 Å². The molecule has 0 bridgehead atoms. The van der Waals surface area contributed by atoms with Crippen LogP contribution in [0.5, 0.6) is 0 Å². The highest BCUT2D eigenvalue weighted by atomic mass is 16.6. The Labute approximate surface area is 481 Å². The summed E-state index contributed by atoms with van der Waals surface area (Å²) in [4.78, 5) is 38.3. The first-order chi connectivity index (χ1) is 38.0. The SMILES string of the molecule is CCCCCCCCC/C=C\CCCCCCCCCC(=O)OC(COC(=O)CCCCCCCCCCCCC)COC(=O)CCCCCCCCCCCCCCCCCCCCCCCCCCCCCCCC. The highest BCUT2D eigenvalue weighted by Gasteiger charge is 2.19. The average Bonchev–Trinajstić information content (AvgIpc) is 3.43. The fraction of sp³-hybridized carbons (Fsp3) is 0.930. The summed E-state index contributed by atoms with van der Waals surface area (Å²) >= 11 is 0. The van der Waals surface area contributed by atoms with Crippen LogP contribution in [0.3, 0.4) is 0 Å². The van der Waals surface area contributed by atoms with Gasteiger partial charge in [-0.1, -0.05) is 354 Å². The Bertz CT molecular complexity index is 1200. The quantitative estimate of drug-likeness (QED) is 0.0261. The lowest BCUT2D eigenvalue weighted by Crippen LogP contribution is -2.30. The summed E-state index contributed by atoms with van der Waals surface area (Å²) in [6, 6.07) is 0. The first kappa shape index (κ1) is 75.2. The van der Waals surface area contributed by atoms with Crippen LogP contribution in [0, 0.1) is 0 Å². The van der Waals surface area contributed by atoms with E-state index in [0.717, 1.165) is 57.8 Å². The van der Waals surface area contributed by atoms with Gasteiger partial charge in [-0.05, 0) is 44.9 Å². The lowest BCUT2D eigenvalue weighted by atomic mass is 10.0. The summed E-state index contributed by atoms with van der Waals surface area (Å²) < 4.78 is 17.0. The van der Waals surface area contributed by atoms with E-state index in [4.69, 9.17) is 14.2 Å². The van der Waals surface area contributed by atoms with Gasteiger partial charge in [0, 0.05) is 19.3 Å². The number of allylic oxidation sites excluding steroid dienone is 2. The molecular weight excluding hydrogens is 949 g/mol. The number of rotatable bonds is 66. The van der Waals surface area contributed by atoms with E-state index in [1.54, 1.807) is 0 Å². The Kier molecular flexibility index (Phi) is 65.1. The fourth-order valence-electron chi connectivity index (χ4n) is 11.0. The molecule has 0 heterocycles. The van der Waals surface area contributed by atoms with Crippen molar-refractivity contribution in [1.29, 1.82) is 0 Å². The maximum absolute atomic E-state index is 12.9. The molecule has 0 aliphatic heterocycles. The molecule has 0 saturated carbocycles. The third-order valence-electron chi connectivity index (χ3n) is 16.3. The molecule has 456 valence electrons. The van der Waals surface area contributed by atoms with Gasteiger partial charge in [-0.3, -0.25) is 14.4 Å². The first-order valence-corrected chi connectivity index (χ1v) is 35.2. The van der Waals surface area contributed by atoms with Gasteiger partial charge in [0.15, 0.2) is 6.10 Å². The van der Waals surface area contributed by atoms with E-state index in [9.17, 15) is 14.4 Å². The monoisotopic (exact) mass is 1090 g/mol. The Morgan fingerprint density at radius 2 is 0.429 bits per heavy atom. The van der Waals surface area contributed by atoms with Crippen molar-refractivity contribution >= 4 is 17.9 Å². The molecule has 1 atom stereocenters. The van der Waals surface area contributed by atoms with Crippen LogP contribution < -0.4 is 0 Å². The topological polar surface area (TPSA) is 78.9 Å². The number of hydrogen-bond acceptors (Lipinski definition) is 6. The van der Waals surface area contributed by atoms with Gasteiger partial charge >= 0.3 is 17.9 Å². The summed E-state index contributed by atoms with van der Waals surface area (Å²) in [6.45, 7) is 6.71. The Hall–Kier alpha value is -1.85. The predicted molar refractivity (Wildman–Crippen MR) is 335 cm³/mol. The molecule has 0 aromatic carbocycles. The Morgan fingerprint density at radius 1 is 0.247 bits per heavy atom. The lowest BCUT2D eigenvalue weighted by Gasteiger charge is -2.18. The zero-order chi connectivity index (χ0) is 55.7. The standard InChI is InChI=1S/C71H136O6/c1-4-7-10-13-16-19-22-24-26-28-30-31-32-33-34-35-36-37-38-39-40-41-43-44-46-49-52-55-58-61-64-70(73)76-67-68(66-75-69(72)63-60-57-54-51-48-21-18-15-12-9-6-3)77-71(74)65-62-59-56-53-50-47-45-42-29-27-25-23-20-17-14-11-8-5-2/h27,29,68H,4-26,28,30-67H2,1-3H3/b29-27-. The molecule has 6 heteroatoms. The van der Waals surface area contributed by atoms with Crippen LogP contribution in [0.1, 0.15) is 406 Å². The summed E-state index contributed by atoms with van der Waals surface area (Å²) in [6.07, 6.45) is 79.7. The molecule has 0 N–H and O–H groups in total. The molecule has 0 aromatic heterocycles. The molecule has 0 saturated heterocycles. The van der Waals surface area contributed by atoms with Gasteiger partial charge in [0.25, 0.3) is 0 Å². The van der Waals surface area contributed by atoms with E-state index in [1.165, 1.54) is 308 Å². The number of carbonyl (C=O) groups excluding carboxylic acids is 3. The van der Waals surface area contributed by atoms with Crippen molar-refractivity contribution in [3.05, 3.63) is 12.2 Å². The highest BCUT2D eigenvalue weighted by Crippen LogP contribution is 2.19. The minimum absolute atomic E-state index is 0.0653. The summed E-state index contributed by atoms with van der Waals surface area (Å²) in [7, 11) is 0. The largest absolute Gasteiger partial charge is 0.462 e. The van der Waals surface area contributed by atoms with E-state index >= 15 is 0 Å². The molecule has 0 amide bonds. The lowest BCUT2D eigenvalue weighted by molar-refractivity contribution is -0.167. The normalized spacial score (nSPS) is 12.0. The Morgan fingerprint density at radius 3 is 0.649 bits per heavy atom. The molecule has 0 aliphatic rings. The number of esters is 3. The van der Waals surface area contributed by atoms with Crippen molar-refractivity contribution in [3.8, 4) is 0 Å². The number of ether oxygens (including phenoxy) is 3. The van der Waals surface area contributed by atoms with E-state index in [0.29, 0.717) is 19.3 Å². The molecule has 0 spiro atoms. The molecule has 0 radical (unpaired) electrons. The number of carbonyl (C=O) groups is 3. The highest BCUT2D eigenvalue weighted by molar-refractivity contribution is 5.71. The molecular formula is C71H136O6. The van der Waals surface area contributed by atoms with Crippen molar-refractivity contribution in [3.63, 3.8) is 0 Å². The molecule has 0 aliphatic carbocycles. The van der Waals surface area contributed by atoms with Gasteiger partial charge < -0.3 is 14.2 Å². The van der Waals surface area contributed by atoms with Crippen LogP contribution in [0.2, 0.25) is 0 Å². The van der Waals surface area contributed by atoms with Gasteiger partial charge in [0.1, 0.15) is 13.2 Å². The summed E-state index contributed by atoms with van der Waals surface area (Å²) in [5.41, 5.74) is 0. The van der Waals surface area contributed by atoms with Gasteiger partial charge in [-0.2, -0.15) is 0 Å². The van der Waals surface area contributed by atoms with Crippen molar-refractivity contribution in [1.82, 2.24) is 0 Å². The van der Waals surface area contributed by atoms with Crippen LogP contribution in [0.25, 0.3) is 0 Å². The van der Waals surface area contributed by atoms with Gasteiger partial charge in [0.05, 0.1) is 0 Å². The summed E-state index contributed by atoms with van der Waals surface area (Å²) in [5, 5.41) is 0. The zero-order valence-corrected chi connectivity index (χ0v) is 52.5. The molecule has 77 heavy (non-hydrogen) atoms. The molecule has 0 fully saturated rings. The van der Waals surface area contributed by atoms with Crippen LogP contribution in [0.15, 0.2) is 12.2 Å². The number of hydrogen-bond donors (Lipinski definition) is 0. The van der Waals surface area contributed by atoms with Gasteiger partial charge in [0.2, 0.25) is 0 Å². The second kappa shape index (κ2) is 66.7. The van der Waals surface area contributed by atoms with E-state index < -0.39 is 6.10 Å². The first-order valence-electron chi connectivity index (χ1n) is 35.2. The van der Waals surface area contributed by atoms with Crippen LogP contribution in [0.4, 0.5) is 0 Å². The van der Waals surface area contributed by atoms with Gasteiger partial charge in [-0.15, -0.1) is 0 Å². The minimum atomic E-state index is -0.768. The molecule has 1 unspecified atom stereocenters. The maximum Gasteiger partial charge on any atom is 0.306 e. The molecule has 0 aromatic rings. The van der Waals surface area contributed by atoms with E-state index in [2.05, 4.69) is 32.9 Å². The van der Waals surface area contributed by atoms with E-state index in [1.807, 2.05) is 0 Å². The van der Waals surface area contributed by atoms with Crippen LogP contribution in [-0.4, -0.2) is 37.2 Å². The zero-order valence-electron chi connectivity index (χ0n) is 52.5. The fourth-order valence-corrected chi connectivity index (χ4v) is 11.0. The summed E-state index contributed by atoms with van der Waals surface area (Å²) in [5.74, 6) is -0.839. The van der Waals surface area contributed by atoms with Crippen molar-refractivity contribution in [2.45, 2.75) is 412 Å². The van der Waals surface area contributed by atoms with Crippen LogP contribution in [-0.2, 0) is 28.6 Å². The maximum atomic E-state index is 12.9. The van der Waals surface area contributed by atoms with Crippen molar-refractivity contribution in [2.24, 2.45) is 0 Å². The van der Waals surface area contributed by atoms with Crippen molar-refractivity contribution in [2.75, 3.05) is 13.2 Å². The average molecular weight is 1090 g/mol.